The van der Waals surface area contributed by atoms with Crippen molar-refractivity contribution in [2.75, 3.05) is 7.11 Å². The summed E-state index contributed by atoms with van der Waals surface area (Å²) in [5.41, 5.74) is 2.28. The van der Waals surface area contributed by atoms with Crippen LogP contribution in [0.3, 0.4) is 0 Å². The zero-order valence-electron chi connectivity index (χ0n) is 9.88. The lowest BCUT2D eigenvalue weighted by Gasteiger charge is -2.16. The molecule has 1 aliphatic carbocycles. The molecule has 1 aromatic rings. The van der Waals surface area contributed by atoms with Crippen molar-refractivity contribution in [1.29, 1.82) is 0 Å². The van der Waals surface area contributed by atoms with Gasteiger partial charge in [-0.05, 0) is 43.4 Å². The third-order valence-corrected chi connectivity index (χ3v) is 3.39. The Bertz CT molecular complexity index is 428. The normalized spacial score (nSPS) is 19.9. The maximum atomic E-state index is 13.5. The first-order valence-corrected chi connectivity index (χ1v) is 6.28. The molecule has 17 heavy (non-hydrogen) atoms. The first kappa shape index (κ1) is 12.4. The minimum atomic E-state index is -0.302. The number of hydrogen-bond acceptors (Lipinski definition) is 1. The van der Waals surface area contributed by atoms with E-state index in [-0.39, 0.29) is 11.2 Å². The van der Waals surface area contributed by atoms with E-state index in [9.17, 15) is 4.39 Å². The van der Waals surface area contributed by atoms with E-state index >= 15 is 0 Å². The van der Waals surface area contributed by atoms with E-state index in [1.54, 1.807) is 6.07 Å². The summed E-state index contributed by atoms with van der Waals surface area (Å²) in [4.78, 5) is 0. The number of methoxy groups -OCH3 is 1. The van der Waals surface area contributed by atoms with Crippen molar-refractivity contribution in [2.24, 2.45) is 0 Å². The maximum absolute atomic E-state index is 13.5. The van der Waals surface area contributed by atoms with Crippen LogP contribution in [0.25, 0.3) is 0 Å². The van der Waals surface area contributed by atoms with Crippen molar-refractivity contribution < 1.29 is 9.13 Å². The van der Waals surface area contributed by atoms with Crippen LogP contribution in [-0.2, 0) is 6.42 Å². The molecule has 0 saturated heterocycles. The molecule has 1 atom stereocenters. The fourth-order valence-electron chi connectivity index (χ4n) is 2.18. The summed E-state index contributed by atoms with van der Waals surface area (Å²) in [5, 5.41) is 0.141. The second kappa shape index (κ2) is 5.54. The van der Waals surface area contributed by atoms with E-state index < -0.39 is 0 Å². The Morgan fingerprint density at radius 1 is 1.47 bits per heavy atom. The van der Waals surface area contributed by atoms with Gasteiger partial charge in [-0.25, -0.2) is 4.39 Å². The van der Waals surface area contributed by atoms with Gasteiger partial charge >= 0.3 is 0 Å². The zero-order valence-corrected chi connectivity index (χ0v) is 10.6. The predicted octanol–water partition coefficient (Wildman–Crippen LogP) is 4.09. The van der Waals surface area contributed by atoms with Gasteiger partial charge in [0.2, 0.25) is 0 Å². The molecule has 0 N–H and O–H groups in total. The van der Waals surface area contributed by atoms with Crippen LogP contribution < -0.4 is 4.74 Å². The summed E-state index contributed by atoms with van der Waals surface area (Å²) in [6.07, 6.45) is 6.12. The van der Waals surface area contributed by atoms with Gasteiger partial charge in [0.15, 0.2) is 11.6 Å². The fourth-order valence-corrected chi connectivity index (χ4v) is 2.51. The van der Waals surface area contributed by atoms with Crippen LogP contribution >= 0.6 is 11.6 Å². The molecule has 0 radical (unpaired) electrons. The summed E-state index contributed by atoms with van der Waals surface area (Å²) < 4.78 is 18.4. The monoisotopic (exact) mass is 254 g/mol. The molecular formula is C14H16ClFO. The Hall–Kier alpha value is -1.02. The van der Waals surface area contributed by atoms with Crippen LogP contribution in [0.4, 0.5) is 4.39 Å². The minimum absolute atomic E-state index is 0.141. The Kier molecular flexibility index (Phi) is 4.06. The lowest BCUT2D eigenvalue weighted by Crippen LogP contribution is -2.05. The highest BCUT2D eigenvalue weighted by atomic mass is 35.5. The summed E-state index contributed by atoms with van der Waals surface area (Å²) in [6.45, 7) is 0. The molecule has 0 saturated carbocycles. The minimum Gasteiger partial charge on any atom is -0.494 e. The van der Waals surface area contributed by atoms with Crippen molar-refractivity contribution in [3.8, 4) is 5.75 Å². The van der Waals surface area contributed by atoms with Crippen LogP contribution in [0, 0.1) is 5.82 Å². The Labute approximate surface area is 106 Å². The van der Waals surface area contributed by atoms with E-state index in [2.05, 4.69) is 6.08 Å². The number of alkyl halides is 1. The van der Waals surface area contributed by atoms with Crippen LogP contribution in [0.5, 0.6) is 5.75 Å². The second-order valence-corrected chi connectivity index (χ2v) is 4.94. The van der Waals surface area contributed by atoms with E-state index in [1.807, 2.05) is 6.07 Å². The summed E-state index contributed by atoms with van der Waals surface area (Å²) >= 11 is 6.09. The first-order valence-electron chi connectivity index (χ1n) is 5.85. The van der Waals surface area contributed by atoms with Crippen molar-refractivity contribution in [2.45, 2.75) is 31.1 Å². The Morgan fingerprint density at radius 3 is 2.94 bits per heavy atom. The number of rotatable bonds is 3. The highest BCUT2D eigenvalue weighted by Crippen LogP contribution is 2.26. The van der Waals surface area contributed by atoms with Crippen LogP contribution in [0.15, 0.2) is 29.8 Å². The molecule has 0 aromatic heterocycles. The number of hydrogen-bond donors (Lipinski definition) is 0. The van der Waals surface area contributed by atoms with Crippen LogP contribution in [0.2, 0.25) is 0 Å². The SMILES string of the molecule is COc1ccc(CC2=CC(Cl)CCC2)cc1F. The fraction of sp³-hybridized carbons (Fsp3) is 0.429. The molecule has 3 heteroatoms. The number of ether oxygens (including phenoxy) is 1. The van der Waals surface area contributed by atoms with Gasteiger partial charge < -0.3 is 4.74 Å². The average molecular weight is 255 g/mol. The van der Waals surface area contributed by atoms with E-state index in [0.29, 0.717) is 5.75 Å². The summed E-state index contributed by atoms with van der Waals surface area (Å²) in [6, 6.07) is 5.12. The molecule has 0 spiro atoms. The highest BCUT2D eigenvalue weighted by molar-refractivity contribution is 6.21. The van der Waals surface area contributed by atoms with Gasteiger partial charge in [-0.1, -0.05) is 17.7 Å². The molecule has 0 bridgehead atoms. The number of benzene rings is 1. The van der Waals surface area contributed by atoms with Gasteiger partial charge in [0.25, 0.3) is 0 Å². The van der Waals surface area contributed by atoms with Crippen molar-refractivity contribution in [3.05, 3.63) is 41.2 Å². The molecule has 92 valence electrons. The standard InChI is InChI=1S/C14H16ClFO/c1-17-14-6-5-11(9-13(14)16)7-10-3-2-4-12(15)8-10/h5-6,8-9,12H,2-4,7H2,1H3. The van der Waals surface area contributed by atoms with E-state index in [4.69, 9.17) is 16.3 Å². The molecule has 1 aliphatic rings. The summed E-state index contributed by atoms with van der Waals surface area (Å²) in [5.74, 6) is -0.00886. The topological polar surface area (TPSA) is 9.23 Å². The van der Waals surface area contributed by atoms with Crippen molar-refractivity contribution >= 4 is 11.6 Å². The smallest absolute Gasteiger partial charge is 0.165 e. The lowest BCUT2D eigenvalue weighted by molar-refractivity contribution is 0.386. The Balaban J connectivity index is 2.11. The van der Waals surface area contributed by atoms with E-state index in [0.717, 1.165) is 31.2 Å². The molecule has 1 nitrogen and oxygen atoms in total. The first-order chi connectivity index (χ1) is 8.19. The molecular weight excluding hydrogens is 239 g/mol. The molecule has 0 fully saturated rings. The van der Waals surface area contributed by atoms with Gasteiger partial charge in [-0.2, -0.15) is 0 Å². The van der Waals surface area contributed by atoms with Gasteiger partial charge in [-0.15, -0.1) is 11.6 Å². The quantitative estimate of drug-likeness (QED) is 0.583. The molecule has 0 heterocycles. The molecule has 0 amide bonds. The molecule has 1 aromatic carbocycles. The highest BCUT2D eigenvalue weighted by Gasteiger charge is 2.12. The van der Waals surface area contributed by atoms with Gasteiger partial charge in [0, 0.05) is 0 Å². The third kappa shape index (κ3) is 3.22. The Morgan fingerprint density at radius 2 is 2.29 bits per heavy atom. The number of halogens is 2. The number of allylic oxidation sites excluding steroid dienone is 2. The van der Waals surface area contributed by atoms with Crippen LogP contribution in [-0.4, -0.2) is 12.5 Å². The lowest BCUT2D eigenvalue weighted by atomic mass is 9.94. The van der Waals surface area contributed by atoms with Gasteiger partial charge in [0.05, 0.1) is 12.5 Å². The summed E-state index contributed by atoms with van der Waals surface area (Å²) in [7, 11) is 1.47. The molecule has 1 unspecified atom stereocenters. The predicted molar refractivity (Wildman–Crippen MR) is 68.2 cm³/mol. The van der Waals surface area contributed by atoms with Gasteiger partial charge in [-0.3, -0.25) is 0 Å². The van der Waals surface area contributed by atoms with Gasteiger partial charge in [0.1, 0.15) is 0 Å². The second-order valence-electron chi connectivity index (χ2n) is 4.38. The average Bonchev–Trinajstić information content (AvgIpc) is 2.29. The zero-order chi connectivity index (χ0) is 12.3. The largest absolute Gasteiger partial charge is 0.494 e. The van der Waals surface area contributed by atoms with E-state index in [1.165, 1.54) is 18.7 Å². The van der Waals surface area contributed by atoms with Crippen molar-refractivity contribution in [3.63, 3.8) is 0 Å². The molecule has 0 aliphatic heterocycles. The maximum Gasteiger partial charge on any atom is 0.165 e. The third-order valence-electron chi connectivity index (χ3n) is 3.04. The van der Waals surface area contributed by atoms with Crippen molar-refractivity contribution in [1.82, 2.24) is 0 Å². The van der Waals surface area contributed by atoms with Crippen LogP contribution in [0.1, 0.15) is 24.8 Å². The molecule has 2 rings (SSSR count).